The van der Waals surface area contributed by atoms with Crippen molar-refractivity contribution in [1.29, 1.82) is 0 Å². The highest BCUT2D eigenvalue weighted by Gasteiger charge is 2.19. The van der Waals surface area contributed by atoms with Gasteiger partial charge in [0.25, 0.3) is 5.91 Å². The molecule has 1 aliphatic rings. The summed E-state index contributed by atoms with van der Waals surface area (Å²) in [5.41, 5.74) is 8.69. The Balaban J connectivity index is 1.55. The third-order valence-corrected chi connectivity index (χ3v) is 4.56. The second-order valence-electron chi connectivity index (χ2n) is 5.90. The number of nitrogens with two attached hydrogens (primary N) is 1. The molecule has 134 valence electrons. The normalized spacial score (nSPS) is 15.2. The molecule has 0 spiro atoms. The van der Waals surface area contributed by atoms with Crippen molar-refractivity contribution in [3.63, 3.8) is 0 Å². The minimum atomic E-state index is -0.305. The number of carbonyl (C=O) groups is 1. The van der Waals surface area contributed by atoms with Gasteiger partial charge in [-0.15, -0.1) is 0 Å². The first kappa shape index (κ1) is 18.1. The van der Waals surface area contributed by atoms with Crippen molar-refractivity contribution < 1.29 is 14.3 Å². The Kier molecular flexibility index (Phi) is 5.63. The van der Waals surface area contributed by atoms with Crippen molar-refractivity contribution in [1.82, 2.24) is 0 Å². The Morgan fingerprint density at radius 2 is 1.92 bits per heavy atom. The van der Waals surface area contributed by atoms with Gasteiger partial charge >= 0.3 is 0 Å². The Morgan fingerprint density at radius 3 is 2.69 bits per heavy atom. The summed E-state index contributed by atoms with van der Waals surface area (Å²) >= 11 is 1.17. The number of hydrogen-bond acceptors (Lipinski definition) is 5. The van der Waals surface area contributed by atoms with Crippen LogP contribution in [0.15, 0.2) is 52.4 Å². The maximum Gasteiger partial charge on any atom is 0.286 e. The maximum absolute atomic E-state index is 11.7. The first-order valence-electron chi connectivity index (χ1n) is 8.22. The van der Waals surface area contributed by atoms with Gasteiger partial charge in [0, 0.05) is 0 Å². The largest absolute Gasteiger partial charge is 0.490 e. The number of nitrogens with zero attached hydrogens (tertiary/aromatic N) is 1. The Hall–Kier alpha value is -2.73. The molecule has 0 saturated carbocycles. The van der Waals surface area contributed by atoms with E-state index in [1.54, 1.807) is 6.08 Å². The molecule has 0 aromatic heterocycles. The molecule has 6 heteroatoms. The van der Waals surface area contributed by atoms with Crippen molar-refractivity contribution in [3.05, 3.63) is 64.1 Å². The van der Waals surface area contributed by atoms with E-state index >= 15 is 0 Å². The molecule has 26 heavy (non-hydrogen) atoms. The number of benzene rings is 2. The first-order valence-corrected chi connectivity index (χ1v) is 9.04. The first-order chi connectivity index (χ1) is 12.5. The molecule has 0 atom stereocenters. The Morgan fingerprint density at radius 1 is 1.12 bits per heavy atom. The van der Waals surface area contributed by atoms with Crippen LogP contribution in [-0.2, 0) is 4.79 Å². The molecule has 0 bridgehead atoms. The van der Waals surface area contributed by atoms with E-state index in [1.165, 1.54) is 11.8 Å². The van der Waals surface area contributed by atoms with Crippen molar-refractivity contribution in [2.75, 3.05) is 13.2 Å². The van der Waals surface area contributed by atoms with E-state index in [1.807, 2.05) is 50.2 Å². The van der Waals surface area contributed by atoms with E-state index in [0.717, 1.165) is 22.4 Å². The Bertz CT molecular complexity index is 890. The number of carbonyl (C=O) groups excluding carboxylic acids is 1. The van der Waals surface area contributed by atoms with E-state index in [2.05, 4.69) is 11.1 Å². The fourth-order valence-electron chi connectivity index (χ4n) is 2.44. The molecule has 2 N–H and O–H groups in total. The molecule has 1 aliphatic heterocycles. The molecule has 3 rings (SSSR count). The molecule has 0 radical (unpaired) electrons. The van der Waals surface area contributed by atoms with Gasteiger partial charge in [-0.3, -0.25) is 4.79 Å². The SMILES string of the molecule is Cc1ccc(C)c(OCCOc2cccc(/C=C3/SC(N)=NC3=O)c2)c1. The third-order valence-electron chi connectivity index (χ3n) is 3.75. The second kappa shape index (κ2) is 8.10. The lowest BCUT2D eigenvalue weighted by molar-refractivity contribution is -0.113. The van der Waals surface area contributed by atoms with Crippen molar-refractivity contribution in [2.45, 2.75) is 13.8 Å². The highest BCUT2D eigenvalue weighted by molar-refractivity contribution is 8.18. The van der Waals surface area contributed by atoms with Crippen LogP contribution < -0.4 is 15.2 Å². The van der Waals surface area contributed by atoms with Gasteiger partial charge in [-0.1, -0.05) is 24.3 Å². The van der Waals surface area contributed by atoms with Crippen LogP contribution in [0.5, 0.6) is 11.5 Å². The smallest absolute Gasteiger partial charge is 0.286 e. The zero-order chi connectivity index (χ0) is 18.5. The Labute approximate surface area is 156 Å². The summed E-state index contributed by atoms with van der Waals surface area (Å²) < 4.78 is 11.5. The molecule has 0 fully saturated rings. The van der Waals surface area contributed by atoms with E-state index in [0.29, 0.717) is 23.9 Å². The minimum Gasteiger partial charge on any atom is -0.490 e. The number of amidine groups is 1. The van der Waals surface area contributed by atoms with E-state index in [4.69, 9.17) is 15.2 Å². The van der Waals surface area contributed by atoms with Gasteiger partial charge in [0.05, 0.1) is 4.91 Å². The summed E-state index contributed by atoms with van der Waals surface area (Å²) in [4.78, 5) is 15.9. The van der Waals surface area contributed by atoms with Crippen molar-refractivity contribution >= 4 is 28.9 Å². The molecule has 5 nitrogen and oxygen atoms in total. The van der Waals surface area contributed by atoms with Gasteiger partial charge in [-0.25, -0.2) is 0 Å². The molecule has 1 heterocycles. The monoisotopic (exact) mass is 368 g/mol. The van der Waals surface area contributed by atoms with Gasteiger partial charge in [-0.05, 0) is 66.6 Å². The van der Waals surface area contributed by atoms with E-state index in [-0.39, 0.29) is 11.1 Å². The number of amides is 1. The zero-order valence-electron chi connectivity index (χ0n) is 14.7. The predicted octanol–water partition coefficient (Wildman–Crippen LogP) is 3.69. The molecule has 2 aromatic rings. The van der Waals surface area contributed by atoms with Crippen LogP contribution in [0.1, 0.15) is 16.7 Å². The molecular weight excluding hydrogens is 348 g/mol. The van der Waals surface area contributed by atoms with Gasteiger partial charge in [0.1, 0.15) is 24.7 Å². The number of rotatable bonds is 6. The molecule has 0 aliphatic carbocycles. The molecular formula is C20H20N2O3S. The third kappa shape index (κ3) is 4.67. The zero-order valence-corrected chi connectivity index (χ0v) is 15.5. The molecule has 2 aromatic carbocycles. The highest BCUT2D eigenvalue weighted by atomic mass is 32.2. The highest BCUT2D eigenvalue weighted by Crippen LogP contribution is 2.27. The summed E-state index contributed by atoms with van der Waals surface area (Å²) in [5.74, 6) is 1.29. The fraction of sp³-hybridized carbons (Fsp3) is 0.200. The van der Waals surface area contributed by atoms with E-state index < -0.39 is 0 Å². The standard InChI is InChI=1S/C20H20N2O3S/c1-13-6-7-14(2)17(10-13)25-9-8-24-16-5-3-4-15(11-16)12-18-19(23)22-20(21)26-18/h3-7,10-12H,8-9H2,1-2H3,(H2,21,22,23)/b18-12+. The average Bonchev–Trinajstić information content (AvgIpc) is 2.92. The van der Waals surface area contributed by atoms with Gasteiger partial charge in [0.15, 0.2) is 5.17 Å². The molecule has 0 saturated heterocycles. The quantitative estimate of drug-likeness (QED) is 0.622. The minimum absolute atomic E-state index is 0.275. The van der Waals surface area contributed by atoms with Crippen LogP contribution in [0.3, 0.4) is 0 Å². The fourth-order valence-corrected chi connectivity index (χ4v) is 3.13. The van der Waals surface area contributed by atoms with Crippen LogP contribution in [0.2, 0.25) is 0 Å². The number of hydrogen-bond donors (Lipinski definition) is 1. The van der Waals surface area contributed by atoms with Gasteiger partial charge in [-0.2, -0.15) is 4.99 Å². The molecule has 0 unspecified atom stereocenters. The number of ether oxygens (including phenoxy) is 2. The summed E-state index contributed by atoms with van der Waals surface area (Å²) in [6.07, 6.45) is 1.76. The lowest BCUT2D eigenvalue weighted by atomic mass is 10.1. The lowest BCUT2D eigenvalue weighted by Crippen LogP contribution is -2.09. The van der Waals surface area contributed by atoms with Crippen molar-refractivity contribution in [2.24, 2.45) is 10.7 Å². The van der Waals surface area contributed by atoms with Crippen molar-refractivity contribution in [3.8, 4) is 11.5 Å². The van der Waals surface area contributed by atoms with E-state index in [9.17, 15) is 4.79 Å². The van der Waals surface area contributed by atoms with Gasteiger partial charge < -0.3 is 15.2 Å². The molecule has 1 amide bonds. The van der Waals surface area contributed by atoms with Crippen LogP contribution in [0, 0.1) is 13.8 Å². The van der Waals surface area contributed by atoms with Gasteiger partial charge in [0.2, 0.25) is 0 Å². The van der Waals surface area contributed by atoms with Crippen LogP contribution in [-0.4, -0.2) is 24.3 Å². The second-order valence-corrected chi connectivity index (χ2v) is 6.97. The maximum atomic E-state index is 11.7. The summed E-state index contributed by atoms with van der Waals surface area (Å²) in [6.45, 7) is 4.94. The number of aryl methyl sites for hydroxylation is 2. The lowest BCUT2D eigenvalue weighted by Gasteiger charge is -2.11. The summed E-state index contributed by atoms with van der Waals surface area (Å²) in [7, 11) is 0. The number of thioether (sulfide) groups is 1. The summed E-state index contributed by atoms with van der Waals surface area (Å²) in [6, 6.07) is 13.6. The summed E-state index contributed by atoms with van der Waals surface area (Å²) in [5, 5.41) is 0.275. The topological polar surface area (TPSA) is 73.9 Å². The average molecular weight is 368 g/mol. The van der Waals surface area contributed by atoms with Crippen LogP contribution >= 0.6 is 11.8 Å². The van der Waals surface area contributed by atoms with Crippen LogP contribution in [0.25, 0.3) is 6.08 Å². The number of aliphatic imine (C=N–C) groups is 1. The predicted molar refractivity (Wildman–Crippen MR) is 106 cm³/mol. The van der Waals surface area contributed by atoms with Crippen LogP contribution in [0.4, 0.5) is 0 Å².